The molecule has 3 aromatic rings. The lowest BCUT2D eigenvalue weighted by Crippen LogP contribution is -2.43. The van der Waals surface area contributed by atoms with E-state index in [-0.39, 0.29) is 53.7 Å². The smallest absolute Gasteiger partial charge is 0.271 e. The fourth-order valence-corrected chi connectivity index (χ4v) is 8.00. The number of aromatic hydroxyl groups is 1. The maximum absolute atomic E-state index is 14.3. The zero-order chi connectivity index (χ0) is 34.0. The van der Waals surface area contributed by atoms with Crippen molar-refractivity contribution in [1.82, 2.24) is 0 Å². The second-order valence-corrected chi connectivity index (χ2v) is 12.2. The quantitative estimate of drug-likeness (QED) is 0.163. The standard InChI is InChI=1S/C34H28N4O10/c1-2-48-26-11-5-10-22(30(26)39)27-21-12-13-23-28(33(42)35(31(23)40)17-6-3-8-19(14-17)37(44)45)24(21)16-25-29(27)34(43)36(32(25)41)18-7-4-9-20(15-18)38(46)47/h3-12,14-15,23-25,27-29,39H,2,13,16H2,1H3/t23-,24+,25+,27+,28-,29+/m0/s1. The van der Waals surface area contributed by atoms with E-state index in [4.69, 9.17) is 4.74 Å². The van der Waals surface area contributed by atoms with Crippen molar-refractivity contribution in [2.45, 2.75) is 25.7 Å². The lowest BCUT2D eigenvalue weighted by molar-refractivity contribution is -0.385. The minimum atomic E-state index is -1.03. The zero-order valence-electron chi connectivity index (χ0n) is 25.4. The number of hydrogen-bond donors (Lipinski definition) is 1. The van der Waals surface area contributed by atoms with Crippen LogP contribution in [0.1, 0.15) is 31.2 Å². The van der Waals surface area contributed by atoms with Gasteiger partial charge in [0.2, 0.25) is 23.6 Å². The largest absolute Gasteiger partial charge is 0.504 e. The monoisotopic (exact) mass is 652 g/mol. The first kappa shape index (κ1) is 30.7. The maximum atomic E-state index is 14.3. The molecule has 48 heavy (non-hydrogen) atoms. The van der Waals surface area contributed by atoms with E-state index in [1.807, 2.05) is 0 Å². The van der Waals surface area contributed by atoms with Gasteiger partial charge < -0.3 is 9.84 Å². The van der Waals surface area contributed by atoms with Gasteiger partial charge in [-0.2, -0.15) is 0 Å². The summed E-state index contributed by atoms with van der Waals surface area (Å²) in [6.07, 6.45) is 1.95. The number of hydrogen-bond acceptors (Lipinski definition) is 10. The molecule has 0 unspecified atom stereocenters. The molecule has 4 amide bonds. The van der Waals surface area contributed by atoms with Crippen molar-refractivity contribution in [3.8, 4) is 11.5 Å². The van der Waals surface area contributed by atoms with Crippen LogP contribution in [0.3, 0.4) is 0 Å². The van der Waals surface area contributed by atoms with Crippen LogP contribution < -0.4 is 14.5 Å². The van der Waals surface area contributed by atoms with Crippen molar-refractivity contribution >= 4 is 46.4 Å². The van der Waals surface area contributed by atoms with E-state index in [1.54, 1.807) is 31.2 Å². The number of allylic oxidation sites excluding steroid dienone is 2. The van der Waals surface area contributed by atoms with Crippen molar-refractivity contribution in [3.05, 3.63) is 104 Å². The number of nitrogens with zero attached hydrogens (tertiary/aromatic N) is 4. The first-order valence-corrected chi connectivity index (χ1v) is 15.4. The van der Waals surface area contributed by atoms with Gasteiger partial charge in [0.1, 0.15) is 0 Å². The summed E-state index contributed by atoms with van der Waals surface area (Å²) in [4.78, 5) is 80.0. The van der Waals surface area contributed by atoms with Gasteiger partial charge in [0, 0.05) is 35.7 Å². The number of non-ortho nitro benzene ring substituents is 2. The number of benzene rings is 3. The van der Waals surface area contributed by atoms with Crippen LogP contribution in [0.2, 0.25) is 0 Å². The van der Waals surface area contributed by atoms with Gasteiger partial charge in [-0.05, 0) is 43.9 Å². The van der Waals surface area contributed by atoms with Crippen LogP contribution in [0, 0.1) is 49.8 Å². The molecule has 1 N–H and O–H groups in total. The number of nitro benzene ring substituents is 2. The van der Waals surface area contributed by atoms with E-state index >= 15 is 0 Å². The Morgan fingerprint density at radius 3 is 1.92 bits per heavy atom. The number of para-hydroxylation sites is 1. The molecule has 1 saturated carbocycles. The Kier molecular flexibility index (Phi) is 7.30. The lowest BCUT2D eigenvalue weighted by Gasteiger charge is -2.44. The molecule has 3 aromatic carbocycles. The SMILES string of the molecule is CCOc1cccc([C@H]2C3=CC[C@@H]4C(=O)N(c5cccc([N+](=O)[O-])c5)C(=O)[C@@H]4[C@@H]3C[C@H]3C(=O)N(c4cccc([N+](=O)[O-])c4)C(=O)[C@@H]23)c1O. The van der Waals surface area contributed by atoms with Gasteiger partial charge in [-0.1, -0.05) is 35.9 Å². The molecular formula is C34H28N4O10. The Morgan fingerprint density at radius 1 is 0.771 bits per heavy atom. The minimum Gasteiger partial charge on any atom is -0.504 e. The fraction of sp³-hybridized carbons (Fsp3) is 0.294. The van der Waals surface area contributed by atoms with Crippen LogP contribution in [-0.2, 0) is 19.2 Å². The number of carbonyl (C=O) groups is 4. The summed E-state index contributed by atoms with van der Waals surface area (Å²) in [6, 6.07) is 15.3. The zero-order valence-corrected chi connectivity index (χ0v) is 25.4. The van der Waals surface area contributed by atoms with Gasteiger partial charge >= 0.3 is 0 Å². The fourth-order valence-electron chi connectivity index (χ4n) is 8.00. The number of rotatable bonds is 7. The first-order valence-electron chi connectivity index (χ1n) is 15.4. The molecule has 14 heteroatoms. The average Bonchev–Trinajstić information content (AvgIpc) is 3.48. The van der Waals surface area contributed by atoms with Gasteiger partial charge in [-0.3, -0.25) is 39.4 Å². The van der Waals surface area contributed by atoms with Crippen molar-refractivity contribution in [3.63, 3.8) is 0 Å². The van der Waals surface area contributed by atoms with Crippen LogP contribution in [0.4, 0.5) is 22.7 Å². The Hall–Kier alpha value is -5.92. The summed E-state index contributed by atoms with van der Waals surface area (Å²) in [5.74, 6) is -7.74. The molecule has 7 rings (SSSR count). The van der Waals surface area contributed by atoms with Gasteiger partial charge in [0.15, 0.2) is 11.5 Å². The number of amides is 4. The summed E-state index contributed by atoms with van der Waals surface area (Å²) in [7, 11) is 0. The molecule has 2 heterocycles. The highest BCUT2D eigenvalue weighted by Gasteiger charge is 2.62. The molecule has 0 aromatic heterocycles. The molecule has 2 aliphatic heterocycles. The average molecular weight is 653 g/mol. The molecule has 14 nitrogen and oxygen atoms in total. The highest BCUT2D eigenvalue weighted by Crippen LogP contribution is 2.60. The maximum Gasteiger partial charge on any atom is 0.271 e. The van der Waals surface area contributed by atoms with E-state index in [1.165, 1.54) is 36.4 Å². The summed E-state index contributed by atoms with van der Waals surface area (Å²) >= 11 is 0. The third-order valence-corrected chi connectivity index (χ3v) is 9.91. The van der Waals surface area contributed by atoms with Crippen molar-refractivity contribution in [2.75, 3.05) is 16.4 Å². The number of carbonyl (C=O) groups excluding carboxylic acids is 4. The summed E-state index contributed by atoms with van der Waals surface area (Å²) in [6.45, 7) is 1.99. The molecule has 244 valence electrons. The summed E-state index contributed by atoms with van der Waals surface area (Å²) in [5, 5.41) is 34.4. The molecule has 0 spiro atoms. The molecule has 2 saturated heterocycles. The second-order valence-electron chi connectivity index (χ2n) is 12.2. The van der Waals surface area contributed by atoms with E-state index in [0.29, 0.717) is 11.1 Å². The topological polar surface area (TPSA) is 190 Å². The number of anilines is 2. The van der Waals surface area contributed by atoms with Gasteiger partial charge in [-0.25, -0.2) is 9.80 Å². The van der Waals surface area contributed by atoms with Crippen LogP contribution in [0.15, 0.2) is 78.4 Å². The number of phenols is 1. The molecule has 0 radical (unpaired) electrons. The molecule has 6 atom stereocenters. The minimum absolute atomic E-state index is 0.0257. The Labute approximate surface area is 272 Å². The van der Waals surface area contributed by atoms with Crippen LogP contribution in [0.5, 0.6) is 11.5 Å². The lowest BCUT2D eigenvalue weighted by atomic mass is 9.57. The van der Waals surface area contributed by atoms with E-state index in [0.717, 1.165) is 21.9 Å². The van der Waals surface area contributed by atoms with E-state index in [2.05, 4.69) is 0 Å². The van der Waals surface area contributed by atoms with Crippen molar-refractivity contribution < 1.29 is 38.9 Å². The van der Waals surface area contributed by atoms with Gasteiger partial charge in [-0.15, -0.1) is 0 Å². The predicted molar refractivity (Wildman–Crippen MR) is 168 cm³/mol. The number of imide groups is 2. The third kappa shape index (κ3) is 4.54. The first-order chi connectivity index (χ1) is 23.0. The molecular weight excluding hydrogens is 624 g/mol. The second kappa shape index (κ2) is 11.4. The Bertz CT molecular complexity index is 1970. The van der Waals surface area contributed by atoms with Crippen molar-refractivity contribution in [1.29, 1.82) is 0 Å². The highest BCUT2D eigenvalue weighted by atomic mass is 16.6. The normalized spacial score (nSPS) is 26.1. The number of nitro groups is 2. The molecule has 2 aliphatic carbocycles. The summed E-state index contributed by atoms with van der Waals surface area (Å²) < 4.78 is 5.63. The van der Waals surface area contributed by atoms with Crippen LogP contribution in [0.25, 0.3) is 0 Å². The van der Waals surface area contributed by atoms with E-state index in [9.17, 15) is 44.5 Å². The number of fused-ring (bicyclic) bond motifs is 4. The van der Waals surface area contributed by atoms with Crippen LogP contribution in [-0.4, -0.2) is 45.2 Å². The molecule has 3 fully saturated rings. The van der Waals surface area contributed by atoms with Gasteiger partial charge in [0.25, 0.3) is 11.4 Å². The Balaban J connectivity index is 1.35. The number of phenolic OH excluding ortho intramolecular Hbond substituents is 1. The molecule has 0 bridgehead atoms. The van der Waals surface area contributed by atoms with E-state index < -0.39 is 69.0 Å². The predicted octanol–water partition coefficient (Wildman–Crippen LogP) is 4.65. The third-order valence-electron chi connectivity index (χ3n) is 9.91. The highest BCUT2D eigenvalue weighted by molar-refractivity contribution is 6.24. The summed E-state index contributed by atoms with van der Waals surface area (Å²) in [5.41, 5.74) is 0.413. The van der Waals surface area contributed by atoms with Crippen LogP contribution >= 0.6 is 0 Å². The van der Waals surface area contributed by atoms with Crippen molar-refractivity contribution in [2.24, 2.45) is 29.6 Å². The Morgan fingerprint density at radius 2 is 1.33 bits per heavy atom. The molecule has 4 aliphatic rings. The van der Waals surface area contributed by atoms with Gasteiger partial charge in [0.05, 0.1) is 51.5 Å². The number of ether oxygens (including phenoxy) is 1.